The maximum Gasteiger partial charge on any atom is 0.340 e. The predicted molar refractivity (Wildman–Crippen MR) is 97.0 cm³/mol. The fourth-order valence-electron chi connectivity index (χ4n) is 2.96. The van der Waals surface area contributed by atoms with Crippen molar-refractivity contribution in [1.29, 1.82) is 0 Å². The Kier molecular flexibility index (Phi) is 6.21. The van der Waals surface area contributed by atoms with Crippen LogP contribution in [0.15, 0.2) is 24.3 Å². The van der Waals surface area contributed by atoms with Crippen molar-refractivity contribution in [3.63, 3.8) is 0 Å². The lowest BCUT2D eigenvalue weighted by atomic mass is 10.00. The summed E-state index contributed by atoms with van der Waals surface area (Å²) in [5.41, 5.74) is 1.60. The van der Waals surface area contributed by atoms with Crippen LogP contribution in [-0.4, -0.2) is 34.0 Å². The number of ether oxygens (including phenoxy) is 1. The number of halogens is 1. The molecule has 138 valence electrons. The lowest BCUT2D eigenvalue weighted by Gasteiger charge is -2.07. The summed E-state index contributed by atoms with van der Waals surface area (Å²) in [7, 11) is 1.59. The Balaban J connectivity index is 2.68. The Morgan fingerprint density at radius 1 is 1.15 bits per heavy atom. The van der Waals surface area contributed by atoms with Crippen molar-refractivity contribution < 1.29 is 24.2 Å². The molecule has 0 amide bonds. The SMILES string of the molecule is CCOC(=O)c1c(CC)c(C(=O)c2ccc(Cl)cc2)n(C)c1CC(=O)O. The van der Waals surface area contributed by atoms with Crippen LogP contribution in [0.2, 0.25) is 5.02 Å². The molecule has 2 aromatic rings. The van der Waals surface area contributed by atoms with E-state index in [9.17, 15) is 19.5 Å². The molecule has 26 heavy (non-hydrogen) atoms. The first kappa shape index (κ1) is 19.7. The van der Waals surface area contributed by atoms with Crippen LogP contribution in [0.4, 0.5) is 0 Å². The number of carbonyl (C=O) groups excluding carboxylic acids is 2. The number of carboxylic acid groups (broad SMARTS) is 1. The molecule has 0 bridgehead atoms. The van der Waals surface area contributed by atoms with E-state index in [1.54, 1.807) is 45.2 Å². The normalized spacial score (nSPS) is 10.6. The number of carbonyl (C=O) groups is 3. The Morgan fingerprint density at radius 3 is 2.27 bits per heavy atom. The highest BCUT2D eigenvalue weighted by atomic mass is 35.5. The number of rotatable bonds is 7. The lowest BCUT2D eigenvalue weighted by Crippen LogP contribution is -2.14. The maximum absolute atomic E-state index is 13.0. The van der Waals surface area contributed by atoms with Gasteiger partial charge in [0.15, 0.2) is 0 Å². The fraction of sp³-hybridized carbons (Fsp3) is 0.316. The number of hydrogen-bond donors (Lipinski definition) is 1. The van der Waals surface area contributed by atoms with Gasteiger partial charge in [0.1, 0.15) is 0 Å². The molecule has 2 rings (SSSR count). The Hall–Kier alpha value is -2.60. The van der Waals surface area contributed by atoms with E-state index in [1.165, 1.54) is 4.57 Å². The van der Waals surface area contributed by atoms with E-state index in [2.05, 4.69) is 0 Å². The predicted octanol–water partition coefficient (Wildman–Crippen LogP) is 3.28. The highest BCUT2D eigenvalue weighted by Crippen LogP contribution is 2.27. The average Bonchev–Trinajstić information content (AvgIpc) is 2.86. The van der Waals surface area contributed by atoms with E-state index in [0.29, 0.717) is 22.6 Å². The van der Waals surface area contributed by atoms with Crippen molar-refractivity contribution in [3.8, 4) is 0 Å². The quantitative estimate of drug-likeness (QED) is 0.591. The highest BCUT2D eigenvalue weighted by Gasteiger charge is 2.30. The van der Waals surface area contributed by atoms with Crippen LogP contribution in [0.25, 0.3) is 0 Å². The molecule has 6 nitrogen and oxygen atoms in total. The number of hydrogen-bond acceptors (Lipinski definition) is 4. The standard InChI is InChI=1S/C19H20ClNO5/c1-4-13-16(19(25)26-5-2)14(10-15(22)23)21(3)17(13)18(24)11-6-8-12(20)9-7-11/h6-9H,4-5,10H2,1-3H3,(H,22,23). The number of aliphatic carboxylic acids is 1. The summed E-state index contributed by atoms with van der Waals surface area (Å²) in [4.78, 5) is 36.7. The number of esters is 1. The maximum atomic E-state index is 13.0. The molecule has 0 aliphatic heterocycles. The van der Waals surface area contributed by atoms with Gasteiger partial charge in [0.05, 0.1) is 24.3 Å². The zero-order valence-corrected chi connectivity index (χ0v) is 15.6. The van der Waals surface area contributed by atoms with Gasteiger partial charge >= 0.3 is 11.9 Å². The summed E-state index contributed by atoms with van der Waals surface area (Å²) in [6.45, 7) is 3.63. The summed E-state index contributed by atoms with van der Waals surface area (Å²) in [6, 6.07) is 6.40. The first-order valence-electron chi connectivity index (χ1n) is 8.21. The van der Waals surface area contributed by atoms with Gasteiger partial charge < -0.3 is 14.4 Å². The first-order chi connectivity index (χ1) is 12.3. The number of benzene rings is 1. The second-order valence-electron chi connectivity index (χ2n) is 5.69. The topological polar surface area (TPSA) is 85.6 Å². The smallest absolute Gasteiger partial charge is 0.340 e. The molecule has 1 N–H and O–H groups in total. The van der Waals surface area contributed by atoms with Crippen LogP contribution >= 0.6 is 11.6 Å². The van der Waals surface area contributed by atoms with E-state index in [-0.39, 0.29) is 35.8 Å². The zero-order chi connectivity index (χ0) is 19.4. The third kappa shape index (κ3) is 3.80. The van der Waals surface area contributed by atoms with Crippen LogP contribution in [0.3, 0.4) is 0 Å². The van der Waals surface area contributed by atoms with Gasteiger partial charge in [-0.1, -0.05) is 18.5 Å². The molecule has 1 heterocycles. The molecule has 1 aromatic carbocycles. The van der Waals surface area contributed by atoms with Gasteiger partial charge in [-0.15, -0.1) is 0 Å². The number of ketones is 1. The Bertz CT molecular complexity index is 852. The summed E-state index contributed by atoms with van der Waals surface area (Å²) < 4.78 is 6.57. The summed E-state index contributed by atoms with van der Waals surface area (Å²) in [6.07, 6.45) is 0.00180. The van der Waals surface area contributed by atoms with Gasteiger partial charge in [-0.25, -0.2) is 4.79 Å². The number of aromatic nitrogens is 1. The molecular weight excluding hydrogens is 358 g/mol. The van der Waals surface area contributed by atoms with Crippen LogP contribution in [0.1, 0.15) is 51.5 Å². The van der Waals surface area contributed by atoms with Crippen LogP contribution in [-0.2, 0) is 29.4 Å². The molecule has 0 fully saturated rings. The Morgan fingerprint density at radius 2 is 1.77 bits per heavy atom. The minimum atomic E-state index is -1.09. The molecule has 0 saturated heterocycles. The van der Waals surface area contributed by atoms with E-state index in [4.69, 9.17) is 16.3 Å². The monoisotopic (exact) mass is 377 g/mol. The fourth-order valence-corrected chi connectivity index (χ4v) is 3.09. The van der Waals surface area contributed by atoms with E-state index < -0.39 is 11.9 Å². The minimum Gasteiger partial charge on any atom is -0.481 e. The van der Waals surface area contributed by atoms with Gasteiger partial charge in [-0.05, 0) is 43.2 Å². The van der Waals surface area contributed by atoms with Crippen LogP contribution in [0, 0.1) is 0 Å². The molecule has 7 heteroatoms. The van der Waals surface area contributed by atoms with Crippen molar-refractivity contribution in [1.82, 2.24) is 4.57 Å². The van der Waals surface area contributed by atoms with Gasteiger partial charge in [0.25, 0.3) is 0 Å². The van der Waals surface area contributed by atoms with Gasteiger partial charge in [0.2, 0.25) is 5.78 Å². The summed E-state index contributed by atoms with van der Waals surface area (Å²) >= 11 is 5.87. The van der Waals surface area contributed by atoms with Crippen molar-refractivity contribution in [2.24, 2.45) is 7.05 Å². The molecular formula is C19H20ClNO5. The molecule has 0 spiro atoms. The van der Waals surface area contributed by atoms with Gasteiger partial charge in [0, 0.05) is 23.3 Å². The van der Waals surface area contributed by atoms with Crippen molar-refractivity contribution in [2.45, 2.75) is 26.7 Å². The summed E-state index contributed by atoms with van der Waals surface area (Å²) in [5, 5.41) is 9.72. The van der Waals surface area contributed by atoms with E-state index >= 15 is 0 Å². The molecule has 0 unspecified atom stereocenters. The Labute approximate surface area is 156 Å². The molecule has 0 aliphatic rings. The highest BCUT2D eigenvalue weighted by molar-refractivity contribution is 6.30. The average molecular weight is 378 g/mol. The minimum absolute atomic E-state index is 0.157. The van der Waals surface area contributed by atoms with E-state index in [0.717, 1.165) is 0 Å². The third-order valence-electron chi connectivity index (χ3n) is 4.09. The molecule has 0 atom stereocenters. The lowest BCUT2D eigenvalue weighted by molar-refractivity contribution is -0.136. The van der Waals surface area contributed by atoms with Crippen molar-refractivity contribution >= 4 is 29.3 Å². The van der Waals surface area contributed by atoms with Crippen LogP contribution in [0.5, 0.6) is 0 Å². The molecule has 0 radical (unpaired) electrons. The van der Waals surface area contributed by atoms with Gasteiger partial charge in [-0.2, -0.15) is 0 Å². The second kappa shape index (κ2) is 8.19. The molecule has 1 aromatic heterocycles. The molecule has 0 saturated carbocycles. The van der Waals surface area contributed by atoms with Gasteiger partial charge in [-0.3, -0.25) is 9.59 Å². The second-order valence-corrected chi connectivity index (χ2v) is 6.12. The first-order valence-corrected chi connectivity index (χ1v) is 8.59. The third-order valence-corrected chi connectivity index (χ3v) is 4.34. The van der Waals surface area contributed by atoms with E-state index in [1.807, 2.05) is 0 Å². The zero-order valence-electron chi connectivity index (χ0n) is 14.8. The van der Waals surface area contributed by atoms with Crippen molar-refractivity contribution in [2.75, 3.05) is 6.61 Å². The summed E-state index contributed by atoms with van der Waals surface area (Å²) in [5.74, 6) is -2.01. The number of nitrogens with zero attached hydrogens (tertiary/aromatic N) is 1. The largest absolute Gasteiger partial charge is 0.481 e. The molecule has 0 aliphatic carbocycles. The van der Waals surface area contributed by atoms with Crippen LogP contribution < -0.4 is 0 Å². The van der Waals surface area contributed by atoms with Crippen molar-refractivity contribution in [3.05, 3.63) is 57.4 Å². The number of carboxylic acids is 1.